The third-order valence-corrected chi connectivity index (χ3v) is 1.63. The van der Waals surface area contributed by atoms with Gasteiger partial charge >= 0.3 is 0 Å². The number of carbonyl (C=O) groups is 1. The summed E-state index contributed by atoms with van der Waals surface area (Å²) in [6.45, 7) is 8.29. The first kappa shape index (κ1) is 7.79. The van der Waals surface area contributed by atoms with Crippen LogP contribution in [0.5, 0.6) is 0 Å². The lowest BCUT2D eigenvalue weighted by molar-refractivity contribution is -0.108. The summed E-state index contributed by atoms with van der Waals surface area (Å²) in [4.78, 5) is 10.1. The van der Waals surface area contributed by atoms with Crippen molar-refractivity contribution in [3.63, 3.8) is 0 Å². The van der Waals surface area contributed by atoms with Gasteiger partial charge in [-0.05, 0) is 12.1 Å². The van der Waals surface area contributed by atoms with Crippen LogP contribution in [0.3, 0.4) is 0 Å². The summed E-state index contributed by atoms with van der Waals surface area (Å²) in [5.74, 6) is 0. The average molecular weight is 149 g/mol. The van der Waals surface area contributed by atoms with E-state index >= 15 is 0 Å². The molecule has 0 unspecified atom stereocenters. The quantitative estimate of drug-likeness (QED) is 0.550. The lowest BCUT2D eigenvalue weighted by atomic mass is 10.4. The second-order valence-corrected chi connectivity index (χ2v) is 2.42. The summed E-state index contributed by atoms with van der Waals surface area (Å²) in [7, 11) is 0. The van der Waals surface area contributed by atoms with Crippen LogP contribution in [0.2, 0.25) is 0 Å². The largest absolute Gasteiger partial charge is 0.342 e. The second kappa shape index (κ2) is 3.19. The Balaban J connectivity index is 2.92. The smallest absolute Gasteiger partial charge is 0.121 e. The van der Waals surface area contributed by atoms with Crippen LogP contribution in [-0.4, -0.2) is 10.9 Å². The Morgan fingerprint density at radius 3 is 2.36 bits per heavy atom. The zero-order valence-electron chi connectivity index (χ0n) is 6.42. The number of hydrogen-bond donors (Lipinski definition) is 0. The van der Waals surface area contributed by atoms with Gasteiger partial charge in [-0.3, -0.25) is 0 Å². The van der Waals surface area contributed by atoms with Crippen molar-refractivity contribution in [2.75, 3.05) is 0 Å². The summed E-state index contributed by atoms with van der Waals surface area (Å²) < 4.78 is 1.92. The van der Waals surface area contributed by atoms with E-state index in [2.05, 4.69) is 13.2 Å². The molecule has 0 atom stereocenters. The summed E-state index contributed by atoms with van der Waals surface area (Å²) in [5, 5.41) is 1.83. The topological polar surface area (TPSA) is 22.0 Å². The van der Waals surface area contributed by atoms with E-state index in [0.717, 1.165) is 17.0 Å². The van der Waals surface area contributed by atoms with Crippen LogP contribution >= 0.6 is 0 Å². The van der Waals surface area contributed by atoms with E-state index in [9.17, 15) is 4.79 Å². The van der Waals surface area contributed by atoms with Crippen LogP contribution in [0.4, 0.5) is 0 Å². The van der Waals surface area contributed by atoms with Crippen LogP contribution in [0, 0.1) is 0 Å². The van der Waals surface area contributed by atoms with Gasteiger partial charge < -0.3 is 9.36 Å². The van der Waals surface area contributed by atoms with Crippen molar-refractivity contribution in [2.24, 2.45) is 0 Å². The van der Waals surface area contributed by atoms with Gasteiger partial charge in [0.05, 0.1) is 0 Å². The molecule has 0 bridgehead atoms. The van der Waals surface area contributed by atoms with Crippen molar-refractivity contribution in [2.45, 2.75) is 13.0 Å². The van der Waals surface area contributed by atoms with E-state index in [4.69, 9.17) is 0 Å². The van der Waals surface area contributed by atoms with Gasteiger partial charge in [-0.25, -0.2) is 0 Å². The van der Waals surface area contributed by atoms with Crippen molar-refractivity contribution < 1.29 is 4.79 Å². The summed E-state index contributed by atoms with van der Waals surface area (Å²) in [6, 6.07) is 3.79. The van der Waals surface area contributed by atoms with Gasteiger partial charge in [0.15, 0.2) is 0 Å². The van der Waals surface area contributed by atoms with E-state index in [-0.39, 0.29) is 0 Å². The fourth-order valence-electron chi connectivity index (χ4n) is 1.03. The van der Waals surface area contributed by atoms with Crippen molar-refractivity contribution in [1.82, 2.24) is 4.57 Å². The van der Waals surface area contributed by atoms with Crippen LogP contribution in [0.25, 0.3) is 13.2 Å². The molecule has 1 aromatic rings. The lowest BCUT2D eigenvalue weighted by Gasteiger charge is -1.98. The van der Waals surface area contributed by atoms with Crippen molar-refractivity contribution in [3.05, 3.63) is 22.8 Å². The molecule has 0 aliphatic rings. The van der Waals surface area contributed by atoms with E-state index in [0.29, 0.717) is 13.0 Å². The zero-order chi connectivity index (χ0) is 8.27. The Morgan fingerprint density at radius 2 is 1.91 bits per heavy atom. The van der Waals surface area contributed by atoms with Gasteiger partial charge in [-0.2, -0.15) is 0 Å². The molecule has 2 heteroatoms. The Morgan fingerprint density at radius 1 is 1.36 bits per heavy atom. The highest BCUT2D eigenvalue weighted by Gasteiger charge is 1.91. The summed E-state index contributed by atoms with van der Waals surface area (Å²) in [6.07, 6.45) is 1.43. The maximum atomic E-state index is 10.1. The standard InChI is InChI=1S/C9H11NO/c1-8-4-5-9(2)10(8)6-3-7-11/h4-5,7H,1-3,6H2. The number of aromatic nitrogens is 1. The average Bonchev–Trinajstić information content (AvgIpc) is 2.29. The third kappa shape index (κ3) is 1.58. The molecule has 1 rings (SSSR count). The van der Waals surface area contributed by atoms with Gasteiger partial charge in [-0.1, -0.05) is 13.2 Å². The molecule has 0 spiro atoms. The van der Waals surface area contributed by atoms with E-state index < -0.39 is 0 Å². The molecule has 0 radical (unpaired) electrons. The maximum Gasteiger partial charge on any atom is 0.121 e. The van der Waals surface area contributed by atoms with Crippen LogP contribution in [-0.2, 0) is 11.3 Å². The highest BCUT2D eigenvalue weighted by molar-refractivity contribution is 5.49. The molecule has 0 N–H and O–H groups in total. The molecule has 0 aliphatic carbocycles. The third-order valence-electron chi connectivity index (χ3n) is 1.63. The van der Waals surface area contributed by atoms with Gasteiger partial charge in [-0.15, -0.1) is 0 Å². The molecule has 0 aromatic carbocycles. The highest BCUT2D eigenvalue weighted by atomic mass is 16.1. The summed E-state index contributed by atoms with van der Waals surface area (Å²) >= 11 is 0. The van der Waals surface area contributed by atoms with E-state index in [1.807, 2.05) is 16.7 Å². The van der Waals surface area contributed by atoms with Gasteiger partial charge in [0.1, 0.15) is 6.29 Å². The normalized spacial score (nSPS) is 9.82. The Labute approximate surface area is 65.5 Å². The minimum absolute atomic E-state index is 0.528. The predicted molar refractivity (Wildman–Crippen MR) is 45.4 cm³/mol. The Bertz CT molecular complexity index is 309. The zero-order valence-corrected chi connectivity index (χ0v) is 6.42. The molecule has 0 fully saturated rings. The predicted octanol–water partition coefficient (Wildman–Crippen LogP) is -0.102. The molecule has 11 heavy (non-hydrogen) atoms. The molecular weight excluding hydrogens is 138 g/mol. The fourth-order valence-corrected chi connectivity index (χ4v) is 1.03. The Hall–Kier alpha value is -1.31. The molecule has 1 aromatic heterocycles. The molecule has 0 aliphatic heterocycles. The minimum atomic E-state index is 0.528. The number of nitrogens with zero attached hydrogens (tertiary/aromatic N) is 1. The maximum absolute atomic E-state index is 10.1. The molecule has 58 valence electrons. The molecule has 0 saturated heterocycles. The SMILES string of the molecule is C=c1ccc(=C)n1CCC=O. The fraction of sp³-hybridized carbons (Fsp3) is 0.222. The number of hydrogen-bond acceptors (Lipinski definition) is 1. The van der Waals surface area contributed by atoms with Crippen molar-refractivity contribution in [3.8, 4) is 0 Å². The molecular formula is C9H11NO. The number of aldehydes is 1. The van der Waals surface area contributed by atoms with Crippen molar-refractivity contribution >= 4 is 19.4 Å². The van der Waals surface area contributed by atoms with Crippen LogP contribution in [0.1, 0.15) is 6.42 Å². The van der Waals surface area contributed by atoms with E-state index in [1.165, 1.54) is 0 Å². The molecule has 0 amide bonds. The van der Waals surface area contributed by atoms with Gasteiger partial charge in [0.2, 0.25) is 0 Å². The first-order chi connectivity index (χ1) is 5.25. The first-order valence-electron chi connectivity index (χ1n) is 3.53. The molecule has 0 saturated carbocycles. The minimum Gasteiger partial charge on any atom is -0.342 e. The van der Waals surface area contributed by atoms with E-state index in [1.54, 1.807) is 0 Å². The van der Waals surface area contributed by atoms with Crippen LogP contribution in [0.15, 0.2) is 12.1 Å². The summed E-state index contributed by atoms with van der Waals surface area (Å²) in [5.41, 5.74) is 0. The second-order valence-electron chi connectivity index (χ2n) is 2.42. The molecule has 1 heterocycles. The monoisotopic (exact) mass is 149 g/mol. The van der Waals surface area contributed by atoms with Gasteiger partial charge in [0.25, 0.3) is 0 Å². The molecule has 2 nitrogen and oxygen atoms in total. The highest BCUT2D eigenvalue weighted by Crippen LogP contribution is 1.77. The lowest BCUT2D eigenvalue weighted by Crippen LogP contribution is -2.24. The first-order valence-corrected chi connectivity index (χ1v) is 3.53. The Kier molecular flexibility index (Phi) is 2.26. The van der Waals surface area contributed by atoms with Crippen LogP contribution < -0.4 is 10.7 Å². The van der Waals surface area contributed by atoms with Crippen molar-refractivity contribution in [1.29, 1.82) is 0 Å². The van der Waals surface area contributed by atoms with Gasteiger partial charge in [0, 0.05) is 23.7 Å². The number of carbonyl (C=O) groups excluding carboxylic acids is 1. The number of rotatable bonds is 3.